The maximum Gasteiger partial charge on any atom is 0.255 e. The van der Waals surface area contributed by atoms with Crippen LogP contribution in [0.4, 0.5) is 5.69 Å². The number of anilines is 1. The molecule has 0 bridgehead atoms. The molecule has 0 atom stereocenters. The maximum atomic E-state index is 12.4. The van der Waals surface area contributed by atoms with Crippen molar-refractivity contribution in [3.8, 4) is 11.5 Å². The van der Waals surface area contributed by atoms with E-state index < -0.39 is 0 Å². The quantitative estimate of drug-likeness (QED) is 0.906. The number of methoxy groups -OCH3 is 2. The van der Waals surface area contributed by atoms with Gasteiger partial charge in [-0.25, -0.2) is 0 Å². The van der Waals surface area contributed by atoms with Gasteiger partial charge in [-0.2, -0.15) is 0 Å². The monoisotopic (exact) mass is 349 g/mol. The molecule has 21 heavy (non-hydrogen) atoms. The van der Waals surface area contributed by atoms with Gasteiger partial charge in [0.25, 0.3) is 5.91 Å². The highest BCUT2D eigenvalue weighted by atomic mass is 79.9. The Morgan fingerprint density at radius 1 is 1.05 bits per heavy atom. The summed E-state index contributed by atoms with van der Waals surface area (Å²) in [5, 5.41) is 2.86. The van der Waals surface area contributed by atoms with E-state index in [1.165, 1.54) is 0 Å². The van der Waals surface area contributed by atoms with Crippen LogP contribution in [0.3, 0.4) is 0 Å². The Balaban J connectivity index is 2.28. The summed E-state index contributed by atoms with van der Waals surface area (Å²) in [5.41, 5.74) is 2.15. The summed E-state index contributed by atoms with van der Waals surface area (Å²) < 4.78 is 11.2. The van der Waals surface area contributed by atoms with Crippen LogP contribution < -0.4 is 14.8 Å². The molecule has 0 saturated heterocycles. The lowest BCUT2D eigenvalue weighted by Crippen LogP contribution is -2.13. The first kappa shape index (κ1) is 15.4. The molecule has 2 aromatic rings. The van der Waals surface area contributed by atoms with E-state index in [1.54, 1.807) is 38.5 Å². The first-order chi connectivity index (χ1) is 10.0. The fourth-order valence-electron chi connectivity index (χ4n) is 1.92. The van der Waals surface area contributed by atoms with Crippen molar-refractivity contribution in [3.05, 3.63) is 52.0 Å². The molecule has 0 aliphatic rings. The van der Waals surface area contributed by atoms with Crippen LogP contribution in [-0.4, -0.2) is 20.1 Å². The molecule has 5 heteroatoms. The number of hydrogen-bond donors (Lipinski definition) is 1. The molecule has 0 fully saturated rings. The van der Waals surface area contributed by atoms with Crippen LogP contribution >= 0.6 is 15.9 Å². The number of amides is 1. The second-order valence-electron chi connectivity index (χ2n) is 4.51. The number of benzene rings is 2. The molecule has 0 aromatic heterocycles. The van der Waals surface area contributed by atoms with Crippen molar-refractivity contribution in [3.63, 3.8) is 0 Å². The topological polar surface area (TPSA) is 47.6 Å². The third-order valence-electron chi connectivity index (χ3n) is 3.05. The van der Waals surface area contributed by atoms with E-state index in [0.717, 1.165) is 10.0 Å². The number of rotatable bonds is 4. The van der Waals surface area contributed by atoms with E-state index in [9.17, 15) is 4.79 Å². The molecule has 1 amide bonds. The van der Waals surface area contributed by atoms with Crippen LogP contribution in [0.15, 0.2) is 40.9 Å². The fourth-order valence-corrected chi connectivity index (χ4v) is 2.28. The molecule has 1 N–H and O–H groups in total. The molecule has 2 rings (SSSR count). The first-order valence-corrected chi connectivity index (χ1v) is 7.13. The number of carbonyl (C=O) groups is 1. The average Bonchev–Trinajstić information content (AvgIpc) is 2.49. The van der Waals surface area contributed by atoms with Gasteiger partial charge in [0.2, 0.25) is 0 Å². The Morgan fingerprint density at radius 3 is 2.24 bits per heavy atom. The lowest BCUT2D eigenvalue weighted by molar-refractivity contribution is 0.102. The van der Waals surface area contributed by atoms with Crippen LogP contribution in [0.25, 0.3) is 0 Å². The predicted molar refractivity (Wildman–Crippen MR) is 86.4 cm³/mol. The highest BCUT2D eigenvalue weighted by molar-refractivity contribution is 9.10. The zero-order chi connectivity index (χ0) is 15.4. The minimum Gasteiger partial charge on any atom is -0.497 e. The molecular formula is C16H16BrNO3. The van der Waals surface area contributed by atoms with Crippen molar-refractivity contribution in [2.75, 3.05) is 19.5 Å². The average molecular weight is 350 g/mol. The SMILES string of the molecule is COc1cc(NC(=O)c2cc(Br)ccc2C)cc(OC)c1. The van der Waals surface area contributed by atoms with Gasteiger partial charge in [-0.15, -0.1) is 0 Å². The standard InChI is InChI=1S/C16H16BrNO3/c1-10-4-5-11(17)6-15(10)16(19)18-12-7-13(20-2)9-14(8-12)21-3/h4-9H,1-3H3,(H,18,19). The summed E-state index contributed by atoms with van der Waals surface area (Å²) in [7, 11) is 3.14. The molecule has 0 heterocycles. The summed E-state index contributed by atoms with van der Waals surface area (Å²) in [6.45, 7) is 1.90. The molecule has 0 unspecified atom stereocenters. The predicted octanol–water partition coefficient (Wildman–Crippen LogP) is 4.03. The minimum absolute atomic E-state index is 0.177. The Morgan fingerprint density at radius 2 is 1.67 bits per heavy atom. The zero-order valence-corrected chi connectivity index (χ0v) is 13.7. The maximum absolute atomic E-state index is 12.4. The van der Waals surface area contributed by atoms with Crippen molar-refractivity contribution in [1.29, 1.82) is 0 Å². The van der Waals surface area contributed by atoms with Gasteiger partial charge in [0.15, 0.2) is 0 Å². The molecule has 2 aromatic carbocycles. The Labute approximate surface area is 132 Å². The zero-order valence-electron chi connectivity index (χ0n) is 12.1. The van der Waals surface area contributed by atoms with Gasteiger partial charge in [-0.3, -0.25) is 4.79 Å². The molecule has 0 saturated carbocycles. The number of nitrogens with one attached hydrogen (secondary N) is 1. The van der Waals surface area contributed by atoms with Crippen LogP contribution in [0.1, 0.15) is 15.9 Å². The molecule has 0 spiro atoms. The van der Waals surface area contributed by atoms with E-state index in [4.69, 9.17) is 9.47 Å². The van der Waals surface area contributed by atoms with Gasteiger partial charge in [0, 0.05) is 33.9 Å². The second-order valence-corrected chi connectivity index (χ2v) is 5.43. The Kier molecular flexibility index (Phi) is 4.85. The minimum atomic E-state index is -0.177. The molecule has 110 valence electrons. The van der Waals surface area contributed by atoms with Crippen molar-refractivity contribution < 1.29 is 14.3 Å². The Bertz CT molecular complexity index is 648. The first-order valence-electron chi connectivity index (χ1n) is 6.34. The largest absolute Gasteiger partial charge is 0.497 e. The smallest absolute Gasteiger partial charge is 0.255 e. The van der Waals surface area contributed by atoms with Crippen LogP contribution in [-0.2, 0) is 0 Å². The summed E-state index contributed by atoms with van der Waals surface area (Å²) in [4.78, 5) is 12.4. The molecule has 0 aliphatic carbocycles. The van der Waals surface area contributed by atoms with Gasteiger partial charge < -0.3 is 14.8 Å². The normalized spacial score (nSPS) is 10.1. The van der Waals surface area contributed by atoms with Crippen molar-refractivity contribution in [2.24, 2.45) is 0 Å². The van der Waals surface area contributed by atoms with E-state index in [2.05, 4.69) is 21.2 Å². The summed E-state index contributed by atoms with van der Waals surface area (Å²) in [6.07, 6.45) is 0. The van der Waals surface area contributed by atoms with E-state index >= 15 is 0 Å². The summed E-state index contributed by atoms with van der Waals surface area (Å²) in [6, 6.07) is 10.8. The molecule has 4 nitrogen and oxygen atoms in total. The van der Waals surface area contributed by atoms with Gasteiger partial charge in [0.1, 0.15) is 11.5 Å². The number of ether oxygens (including phenoxy) is 2. The van der Waals surface area contributed by atoms with Gasteiger partial charge in [-0.05, 0) is 24.6 Å². The third kappa shape index (κ3) is 3.76. The van der Waals surface area contributed by atoms with Crippen molar-refractivity contribution in [2.45, 2.75) is 6.92 Å². The molecular weight excluding hydrogens is 334 g/mol. The van der Waals surface area contributed by atoms with E-state index in [1.807, 2.05) is 19.1 Å². The van der Waals surface area contributed by atoms with Gasteiger partial charge in [-0.1, -0.05) is 22.0 Å². The lowest BCUT2D eigenvalue weighted by Gasteiger charge is -2.11. The second kappa shape index (κ2) is 6.63. The van der Waals surface area contributed by atoms with Gasteiger partial charge >= 0.3 is 0 Å². The van der Waals surface area contributed by atoms with Crippen LogP contribution in [0.2, 0.25) is 0 Å². The third-order valence-corrected chi connectivity index (χ3v) is 3.55. The van der Waals surface area contributed by atoms with Crippen molar-refractivity contribution >= 4 is 27.5 Å². The van der Waals surface area contributed by atoms with Crippen molar-refractivity contribution in [1.82, 2.24) is 0 Å². The lowest BCUT2D eigenvalue weighted by atomic mass is 10.1. The highest BCUT2D eigenvalue weighted by Crippen LogP contribution is 2.26. The fraction of sp³-hybridized carbons (Fsp3) is 0.188. The van der Waals surface area contributed by atoms with E-state index in [0.29, 0.717) is 22.7 Å². The number of aryl methyl sites for hydroxylation is 1. The van der Waals surface area contributed by atoms with Gasteiger partial charge in [0.05, 0.1) is 14.2 Å². The number of carbonyl (C=O) groups excluding carboxylic acids is 1. The summed E-state index contributed by atoms with van der Waals surface area (Å²) in [5.74, 6) is 1.07. The number of hydrogen-bond acceptors (Lipinski definition) is 3. The molecule has 0 radical (unpaired) electrons. The number of halogens is 1. The van der Waals surface area contributed by atoms with Crippen LogP contribution in [0.5, 0.6) is 11.5 Å². The highest BCUT2D eigenvalue weighted by Gasteiger charge is 2.11. The molecule has 0 aliphatic heterocycles. The van der Waals surface area contributed by atoms with Crippen LogP contribution in [0, 0.1) is 6.92 Å². The summed E-state index contributed by atoms with van der Waals surface area (Å²) >= 11 is 3.38. The van der Waals surface area contributed by atoms with E-state index in [-0.39, 0.29) is 5.91 Å². The Hall–Kier alpha value is -2.01.